The fourth-order valence-electron chi connectivity index (χ4n) is 1.29. The molecule has 1 aromatic heterocycles. The highest BCUT2D eigenvalue weighted by Crippen LogP contribution is 2.10. The Kier molecular flexibility index (Phi) is 5.71. The Morgan fingerprint density at radius 1 is 1.47 bits per heavy atom. The van der Waals surface area contributed by atoms with Gasteiger partial charge in [0.15, 0.2) is 5.82 Å². The van der Waals surface area contributed by atoms with E-state index in [1.54, 1.807) is 11.8 Å². The van der Waals surface area contributed by atoms with Gasteiger partial charge in [-0.3, -0.25) is 0 Å². The molecule has 0 radical (unpaired) electrons. The van der Waals surface area contributed by atoms with E-state index in [4.69, 9.17) is 4.52 Å². The first-order chi connectivity index (χ1) is 7.30. The van der Waals surface area contributed by atoms with Gasteiger partial charge in [0, 0.05) is 12.5 Å². The van der Waals surface area contributed by atoms with Crippen LogP contribution in [0.25, 0.3) is 0 Å². The molecule has 0 fully saturated rings. The number of thioether (sulfide) groups is 1. The number of aromatic nitrogens is 2. The molecule has 1 N–H and O–H groups in total. The second kappa shape index (κ2) is 6.85. The predicted octanol–water partition coefficient (Wildman–Crippen LogP) is 1.86. The van der Waals surface area contributed by atoms with Gasteiger partial charge in [0.05, 0.1) is 5.75 Å². The molecular formula is C10H19N3OS. The molecule has 0 spiro atoms. The van der Waals surface area contributed by atoms with Crippen LogP contribution < -0.4 is 5.32 Å². The van der Waals surface area contributed by atoms with Crippen LogP contribution in [0.4, 0.5) is 0 Å². The summed E-state index contributed by atoms with van der Waals surface area (Å²) in [5, 5.41) is 7.16. The molecule has 1 unspecified atom stereocenters. The van der Waals surface area contributed by atoms with E-state index < -0.39 is 0 Å². The maximum Gasteiger partial charge on any atom is 0.228 e. The summed E-state index contributed by atoms with van der Waals surface area (Å²) in [6, 6.07) is 0.428. The SMILES string of the molecule is CCSCc1noc(CC(CC)NC)n1. The Hall–Kier alpha value is -0.550. The maximum atomic E-state index is 5.18. The molecule has 1 rings (SSSR count). The van der Waals surface area contributed by atoms with Crippen molar-refractivity contribution < 1.29 is 4.52 Å². The maximum absolute atomic E-state index is 5.18. The molecule has 0 saturated carbocycles. The summed E-state index contributed by atoms with van der Waals surface area (Å²) in [4.78, 5) is 4.34. The lowest BCUT2D eigenvalue weighted by Gasteiger charge is -2.09. The summed E-state index contributed by atoms with van der Waals surface area (Å²) < 4.78 is 5.18. The van der Waals surface area contributed by atoms with Gasteiger partial charge in [0.2, 0.25) is 5.89 Å². The van der Waals surface area contributed by atoms with Gasteiger partial charge < -0.3 is 9.84 Å². The van der Waals surface area contributed by atoms with Crippen LogP contribution in [-0.4, -0.2) is 29.0 Å². The second-order valence-electron chi connectivity index (χ2n) is 3.34. The molecule has 1 atom stereocenters. The number of rotatable bonds is 7. The minimum Gasteiger partial charge on any atom is -0.339 e. The van der Waals surface area contributed by atoms with Crippen molar-refractivity contribution in [3.63, 3.8) is 0 Å². The average molecular weight is 229 g/mol. The number of hydrogen-bond acceptors (Lipinski definition) is 5. The zero-order valence-corrected chi connectivity index (χ0v) is 10.4. The van der Waals surface area contributed by atoms with Crippen molar-refractivity contribution in [2.45, 2.75) is 38.5 Å². The van der Waals surface area contributed by atoms with Crippen LogP contribution in [0.3, 0.4) is 0 Å². The monoisotopic (exact) mass is 229 g/mol. The third-order valence-corrected chi connectivity index (χ3v) is 3.14. The molecule has 0 aliphatic heterocycles. The molecule has 0 aromatic carbocycles. The first-order valence-corrected chi connectivity index (χ1v) is 6.52. The standard InChI is InChI=1S/C10H19N3OS/c1-4-8(11-3)6-10-12-9(13-14-10)7-15-5-2/h8,11H,4-7H2,1-3H3. The van der Waals surface area contributed by atoms with Gasteiger partial charge in [0.25, 0.3) is 0 Å². The van der Waals surface area contributed by atoms with Crippen molar-refractivity contribution in [3.8, 4) is 0 Å². The molecule has 0 bridgehead atoms. The molecule has 0 saturated heterocycles. The summed E-state index contributed by atoms with van der Waals surface area (Å²) in [7, 11) is 1.96. The van der Waals surface area contributed by atoms with Crippen LogP contribution in [0.5, 0.6) is 0 Å². The third-order valence-electron chi connectivity index (χ3n) is 2.27. The summed E-state index contributed by atoms with van der Waals surface area (Å²) in [6.07, 6.45) is 1.88. The molecule has 0 aliphatic carbocycles. The minimum atomic E-state index is 0.428. The number of nitrogens with zero attached hydrogens (tertiary/aromatic N) is 2. The molecule has 1 heterocycles. The van der Waals surface area contributed by atoms with Crippen molar-refractivity contribution in [2.24, 2.45) is 0 Å². The minimum absolute atomic E-state index is 0.428. The van der Waals surface area contributed by atoms with E-state index in [0.29, 0.717) is 6.04 Å². The highest BCUT2D eigenvalue weighted by molar-refractivity contribution is 7.98. The topological polar surface area (TPSA) is 51.0 Å². The van der Waals surface area contributed by atoms with E-state index in [9.17, 15) is 0 Å². The molecule has 15 heavy (non-hydrogen) atoms. The van der Waals surface area contributed by atoms with Crippen LogP contribution in [0.2, 0.25) is 0 Å². The van der Waals surface area contributed by atoms with Crippen molar-refractivity contribution in [1.29, 1.82) is 0 Å². The first-order valence-electron chi connectivity index (χ1n) is 5.36. The molecule has 0 aliphatic rings. The first kappa shape index (κ1) is 12.5. The summed E-state index contributed by atoms with van der Waals surface area (Å²) in [6.45, 7) is 4.27. The van der Waals surface area contributed by atoms with Crippen LogP contribution >= 0.6 is 11.8 Å². The highest BCUT2D eigenvalue weighted by Gasteiger charge is 2.11. The summed E-state index contributed by atoms with van der Waals surface area (Å²) >= 11 is 1.80. The Balaban J connectivity index is 2.44. The van der Waals surface area contributed by atoms with Gasteiger partial charge in [-0.05, 0) is 19.2 Å². The zero-order chi connectivity index (χ0) is 11.1. The zero-order valence-electron chi connectivity index (χ0n) is 9.62. The lowest BCUT2D eigenvalue weighted by atomic mass is 10.1. The molecule has 86 valence electrons. The number of likely N-dealkylation sites (N-methyl/N-ethyl adjacent to an activating group) is 1. The smallest absolute Gasteiger partial charge is 0.228 e. The molecule has 0 amide bonds. The van der Waals surface area contributed by atoms with Crippen molar-refractivity contribution >= 4 is 11.8 Å². The lowest BCUT2D eigenvalue weighted by molar-refractivity contribution is 0.356. The van der Waals surface area contributed by atoms with Gasteiger partial charge >= 0.3 is 0 Å². The lowest BCUT2D eigenvalue weighted by Crippen LogP contribution is -2.26. The third kappa shape index (κ3) is 4.22. The largest absolute Gasteiger partial charge is 0.339 e. The normalized spacial score (nSPS) is 13.0. The fraction of sp³-hybridized carbons (Fsp3) is 0.800. The van der Waals surface area contributed by atoms with Crippen molar-refractivity contribution in [2.75, 3.05) is 12.8 Å². The fourth-order valence-corrected chi connectivity index (χ4v) is 1.79. The Labute approximate surface area is 95.2 Å². The van der Waals surface area contributed by atoms with E-state index in [2.05, 4.69) is 29.3 Å². The molecule has 1 aromatic rings. The van der Waals surface area contributed by atoms with Crippen LogP contribution in [0.1, 0.15) is 32.0 Å². The molecule has 5 heteroatoms. The Morgan fingerprint density at radius 3 is 2.87 bits per heavy atom. The van der Waals surface area contributed by atoms with Gasteiger partial charge in [-0.25, -0.2) is 0 Å². The number of hydrogen-bond donors (Lipinski definition) is 1. The van der Waals surface area contributed by atoms with E-state index in [0.717, 1.165) is 36.1 Å². The number of nitrogens with one attached hydrogen (secondary N) is 1. The van der Waals surface area contributed by atoms with Gasteiger partial charge in [-0.2, -0.15) is 16.7 Å². The quantitative estimate of drug-likeness (QED) is 0.773. The van der Waals surface area contributed by atoms with Crippen molar-refractivity contribution in [3.05, 3.63) is 11.7 Å². The summed E-state index contributed by atoms with van der Waals surface area (Å²) in [5.74, 6) is 3.47. The molecular weight excluding hydrogens is 210 g/mol. The van der Waals surface area contributed by atoms with Crippen LogP contribution in [0.15, 0.2) is 4.52 Å². The molecule has 4 nitrogen and oxygen atoms in total. The van der Waals surface area contributed by atoms with Crippen LogP contribution in [0, 0.1) is 0 Å². The van der Waals surface area contributed by atoms with E-state index in [-0.39, 0.29) is 0 Å². The van der Waals surface area contributed by atoms with Gasteiger partial charge in [0.1, 0.15) is 0 Å². The Bertz CT molecular complexity index is 273. The van der Waals surface area contributed by atoms with Gasteiger partial charge in [-0.15, -0.1) is 0 Å². The second-order valence-corrected chi connectivity index (χ2v) is 4.61. The highest BCUT2D eigenvalue weighted by atomic mass is 32.2. The van der Waals surface area contributed by atoms with E-state index >= 15 is 0 Å². The summed E-state index contributed by atoms with van der Waals surface area (Å²) in [5.41, 5.74) is 0. The van der Waals surface area contributed by atoms with Crippen molar-refractivity contribution in [1.82, 2.24) is 15.5 Å². The predicted molar refractivity (Wildman–Crippen MR) is 63.0 cm³/mol. The van der Waals surface area contributed by atoms with Crippen LogP contribution in [-0.2, 0) is 12.2 Å². The van der Waals surface area contributed by atoms with Gasteiger partial charge in [-0.1, -0.05) is 19.0 Å². The van der Waals surface area contributed by atoms with E-state index in [1.165, 1.54) is 0 Å². The Morgan fingerprint density at radius 2 is 2.27 bits per heavy atom. The average Bonchev–Trinajstić information content (AvgIpc) is 2.70. The van der Waals surface area contributed by atoms with E-state index in [1.807, 2.05) is 7.05 Å².